The summed E-state index contributed by atoms with van der Waals surface area (Å²) in [6.07, 6.45) is 3.10. The van der Waals surface area contributed by atoms with E-state index < -0.39 is 0 Å². The summed E-state index contributed by atoms with van der Waals surface area (Å²) in [5.41, 5.74) is 0. The molecule has 2 heterocycles. The molecule has 2 N–H and O–H groups in total. The van der Waals surface area contributed by atoms with E-state index in [1.165, 1.54) is 24.3 Å². The second-order valence-electron chi connectivity index (χ2n) is 4.79. The lowest BCUT2D eigenvalue weighted by atomic mass is 9.98. The predicted octanol–water partition coefficient (Wildman–Crippen LogP) is 0.624. The maximum atomic E-state index is 11.8. The first-order valence-corrected chi connectivity index (χ1v) is 7.65. The highest BCUT2D eigenvalue weighted by Crippen LogP contribution is 2.24. The van der Waals surface area contributed by atoms with Crippen molar-refractivity contribution in [2.24, 2.45) is 5.92 Å². The Kier molecular flexibility index (Phi) is 5.61. The zero-order valence-corrected chi connectivity index (χ0v) is 11.1. The molecule has 0 saturated carbocycles. The Morgan fingerprint density at radius 3 is 2.94 bits per heavy atom. The topological polar surface area (TPSA) is 50.4 Å². The molecule has 0 aromatic heterocycles. The Balaban J connectivity index is 1.59. The highest BCUT2D eigenvalue weighted by atomic mass is 32.2. The summed E-state index contributed by atoms with van der Waals surface area (Å²) >= 11 is 2.00. The van der Waals surface area contributed by atoms with Crippen LogP contribution in [0.25, 0.3) is 0 Å². The molecule has 1 atom stereocenters. The number of ether oxygens (including phenoxy) is 1. The summed E-state index contributed by atoms with van der Waals surface area (Å²) in [7, 11) is 0. The van der Waals surface area contributed by atoms with Gasteiger partial charge in [-0.1, -0.05) is 0 Å². The van der Waals surface area contributed by atoms with Crippen molar-refractivity contribution in [3.05, 3.63) is 0 Å². The second kappa shape index (κ2) is 7.24. The van der Waals surface area contributed by atoms with Gasteiger partial charge in [-0.3, -0.25) is 4.79 Å². The average Bonchev–Trinajstić information content (AvgIpc) is 2.39. The number of thioether (sulfide) groups is 1. The van der Waals surface area contributed by atoms with Gasteiger partial charge in [-0.25, -0.2) is 0 Å². The molecule has 2 fully saturated rings. The standard InChI is InChI=1S/C12H22N2O2S/c15-12(7-10-1-5-17-6-2-10)14-8-11-9-16-4-3-13-11/h10-11,13H,1-9H2,(H,14,15). The lowest BCUT2D eigenvalue weighted by Crippen LogP contribution is -2.48. The molecule has 2 saturated heterocycles. The zero-order valence-electron chi connectivity index (χ0n) is 10.2. The van der Waals surface area contributed by atoms with Crippen LogP contribution in [0.5, 0.6) is 0 Å². The first-order chi connectivity index (χ1) is 8.34. The van der Waals surface area contributed by atoms with E-state index in [4.69, 9.17) is 4.74 Å². The van der Waals surface area contributed by atoms with Crippen LogP contribution in [0.3, 0.4) is 0 Å². The normalized spacial score (nSPS) is 26.7. The molecule has 0 aliphatic carbocycles. The number of hydrogen-bond donors (Lipinski definition) is 2. The van der Waals surface area contributed by atoms with Crippen molar-refractivity contribution in [2.45, 2.75) is 25.3 Å². The molecule has 0 radical (unpaired) electrons. The molecule has 2 aliphatic rings. The SMILES string of the molecule is O=C(CC1CCSCC1)NCC1COCCN1. The van der Waals surface area contributed by atoms with Crippen LogP contribution in [0.15, 0.2) is 0 Å². The van der Waals surface area contributed by atoms with Crippen LogP contribution in [-0.2, 0) is 9.53 Å². The van der Waals surface area contributed by atoms with E-state index in [0.29, 0.717) is 25.5 Å². The van der Waals surface area contributed by atoms with Gasteiger partial charge < -0.3 is 15.4 Å². The monoisotopic (exact) mass is 258 g/mol. The van der Waals surface area contributed by atoms with E-state index in [0.717, 1.165) is 13.2 Å². The third-order valence-electron chi connectivity index (χ3n) is 3.36. The molecule has 98 valence electrons. The number of rotatable bonds is 4. The van der Waals surface area contributed by atoms with Gasteiger partial charge in [0, 0.05) is 25.6 Å². The van der Waals surface area contributed by atoms with Crippen LogP contribution in [0, 0.1) is 5.92 Å². The average molecular weight is 258 g/mol. The van der Waals surface area contributed by atoms with Gasteiger partial charge in [-0.2, -0.15) is 11.8 Å². The van der Waals surface area contributed by atoms with Crippen molar-refractivity contribution in [2.75, 3.05) is 37.8 Å². The van der Waals surface area contributed by atoms with Gasteiger partial charge >= 0.3 is 0 Å². The molecule has 0 bridgehead atoms. The fraction of sp³-hybridized carbons (Fsp3) is 0.917. The summed E-state index contributed by atoms with van der Waals surface area (Å²) in [5.74, 6) is 3.24. The number of hydrogen-bond acceptors (Lipinski definition) is 4. The molecular weight excluding hydrogens is 236 g/mol. The molecule has 2 aliphatic heterocycles. The lowest BCUT2D eigenvalue weighted by molar-refractivity contribution is -0.122. The van der Waals surface area contributed by atoms with Crippen LogP contribution < -0.4 is 10.6 Å². The lowest BCUT2D eigenvalue weighted by Gasteiger charge is -2.25. The Hall–Kier alpha value is -0.260. The van der Waals surface area contributed by atoms with Crippen molar-refractivity contribution in [3.8, 4) is 0 Å². The number of carbonyl (C=O) groups excluding carboxylic acids is 1. The van der Waals surface area contributed by atoms with Gasteiger partial charge in [0.25, 0.3) is 0 Å². The van der Waals surface area contributed by atoms with Crippen LogP contribution >= 0.6 is 11.8 Å². The van der Waals surface area contributed by atoms with Gasteiger partial charge in [0.2, 0.25) is 5.91 Å². The first-order valence-electron chi connectivity index (χ1n) is 6.50. The van der Waals surface area contributed by atoms with Crippen molar-refractivity contribution in [3.63, 3.8) is 0 Å². The number of amides is 1. The highest BCUT2D eigenvalue weighted by molar-refractivity contribution is 7.99. The van der Waals surface area contributed by atoms with Gasteiger partial charge in [0.05, 0.1) is 13.2 Å². The maximum Gasteiger partial charge on any atom is 0.220 e. The molecule has 17 heavy (non-hydrogen) atoms. The largest absolute Gasteiger partial charge is 0.378 e. The number of morpholine rings is 1. The Labute approximate surface area is 107 Å². The predicted molar refractivity (Wildman–Crippen MR) is 70.3 cm³/mol. The van der Waals surface area contributed by atoms with Crippen LogP contribution in [0.2, 0.25) is 0 Å². The minimum Gasteiger partial charge on any atom is -0.378 e. The van der Waals surface area contributed by atoms with Gasteiger partial charge in [0.1, 0.15) is 0 Å². The summed E-state index contributed by atoms with van der Waals surface area (Å²) in [6.45, 7) is 3.07. The van der Waals surface area contributed by atoms with Crippen LogP contribution in [-0.4, -0.2) is 49.8 Å². The minimum atomic E-state index is 0.203. The van der Waals surface area contributed by atoms with E-state index in [9.17, 15) is 4.79 Å². The van der Waals surface area contributed by atoms with Gasteiger partial charge in [-0.05, 0) is 30.3 Å². The second-order valence-corrected chi connectivity index (χ2v) is 6.01. The molecule has 4 nitrogen and oxygen atoms in total. The van der Waals surface area contributed by atoms with Crippen molar-refractivity contribution in [1.29, 1.82) is 0 Å². The fourth-order valence-electron chi connectivity index (χ4n) is 2.27. The summed E-state index contributed by atoms with van der Waals surface area (Å²) < 4.78 is 5.35. The van der Waals surface area contributed by atoms with Crippen molar-refractivity contribution < 1.29 is 9.53 Å². The smallest absolute Gasteiger partial charge is 0.220 e. The highest BCUT2D eigenvalue weighted by Gasteiger charge is 2.18. The molecule has 0 spiro atoms. The zero-order chi connectivity index (χ0) is 11.9. The van der Waals surface area contributed by atoms with E-state index in [2.05, 4.69) is 10.6 Å². The fourth-order valence-corrected chi connectivity index (χ4v) is 3.48. The molecular formula is C12H22N2O2S. The Bertz CT molecular complexity index is 239. The molecule has 0 aromatic rings. The molecule has 1 unspecified atom stereocenters. The van der Waals surface area contributed by atoms with Gasteiger partial charge in [-0.15, -0.1) is 0 Å². The van der Waals surface area contributed by atoms with Crippen molar-refractivity contribution >= 4 is 17.7 Å². The summed E-state index contributed by atoms with van der Waals surface area (Å²) in [4.78, 5) is 11.8. The van der Waals surface area contributed by atoms with Gasteiger partial charge in [0.15, 0.2) is 0 Å². The third-order valence-corrected chi connectivity index (χ3v) is 4.41. The summed E-state index contributed by atoms with van der Waals surface area (Å²) in [5, 5.41) is 6.35. The molecule has 0 aromatic carbocycles. The Morgan fingerprint density at radius 2 is 2.24 bits per heavy atom. The van der Waals surface area contributed by atoms with E-state index >= 15 is 0 Å². The number of nitrogens with one attached hydrogen (secondary N) is 2. The minimum absolute atomic E-state index is 0.203. The number of carbonyl (C=O) groups is 1. The Morgan fingerprint density at radius 1 is 1.41 bits per heavy atom. The molecule has 1 amide bonds. The first kappa shape index (κ1) is 13.2. The third kappa shape index (κ3) is 4.85. The summed E-state index contributed by atoms with van der Waals surface area (Å²) in [6, 6.07) is 0.287. The van der Waals surface area contributed by atoms with Crippen molar-refractivity contribution in [1.82, 2.24) is 10.6 Å². The quantitative estimate of drug-likeness (QED) is 0.776. The van der Waals surface area contributed by atoms with E-state index in [1.54, 1.807) is 0 Å². The van der Waals surface area contributed by atoms with E-state index in [-0.39, 0.29) is 11.9 Å². The molecule has 5 heteroatoms. The van der Waals surface area contributed by atoms with E-state index in [1.807, 2.05) is 11.8 Å². The maximum absolute atomic E-state index is 11.8. The molecule has 2 rings (SSSR count). The van der Waals surface area contributed by atoms with Crippen LogP contribution in [0.1, 0.15) is 19.3 Å². The van der Waals surface area contributed by atoms with Crippen LogP contribution in [0.4, 0.5) is 0 Å².